The Kier molecular flexibility index (Phi) is 4.93. The lowest BCUT2D eigenvalue weighted by Gasteiger charge is -2.29. The summed E-state index contributed by atoms with van der Waals surface area (Å²) in [6.45, 7) is 0. The van der Waals surface area contributed by atoms with E-state index in [4.69, 9.17) is 4.74 Å². The predicted octanol–water partition coefficient (Wildman–Crippen LogP) is 1.79. The van der Waals surface area contributed by atoms with Gasteiger partial charge in [0.1, 0.15) is 6.04 Å². The van der Waals surface area contributed by atoms with Gasteiger partial charge in [0, 0.05) is 6.04 Å². The molecule has 0 aliphatic heterocycles. The van der Waals surface area contributed by atoms with Gasteiger partial charge >= 0.3 is 5.97 Å². The molecule has 1 aliphatic carbocycles. The number of carbonyl (C=O) groups is 1. The van der Waals surface area contributed by atoms with Gasteiger partial charge in [-0.3, -0.25) is 5.32 Å². The molecule has 0 heterocycles. The zero-order valence-corrected chi connectivity index (χ0v) is 11.2. The molecule has 2 rings (SSSR count). The third-order valence-corrected chi connectivity index (χ3v) is 3.67. The lowest BCUT2D eigenvalue weighted by atomic mass is 9.92. The molecule has 0 aromatic heterocycles. The highest BCUT2D eigenvalue weighted by Crippen LogP contribution is 2.22. The number of hydrogen-bond donors (Lipinski definition) is 2. The minimum absolute atomic E-state index is 0.189. The molecule has 1 aromatic rings. The van der Waals surface area contributed by atoms with Gasteiger partial charge in [0.25, 0.3) is 0 Å². The Balaban J connectivity index is 2.05. The normalized spacial score (nSPS) is 24.7. The number of ether oxygens (including phenoxy) is 1. The fourth-order valence-electron chi connectivity index (χ4n) is 2.54. The number of carbonyl (C=O) groups excluding carboxylic acids is 1. The lowest BCUT2D eigenvalue weighted by molar-refractivity contribution is -0.143. The van der Waals surface area contributed by atoms with Crippen molar-refractivity contribution < 1.29 is 14.6 Å². The van der Waals surface area contributed by atoms with Crippen LogP contribution >= 0.6 is 0 Å². The zero-order chi connectivity index (χ0) is 13.7. The predicted molar refractivity (Wildman–Crippen MR) is 72.6 cm³/mol. The fraction of sp³-hybridized carbons (Fsp3) is 0.533. The molecule has 2 N–H and O–H groups in total. The summed E-state index contributed by atoms with van der Waals surface area (Å²) in [7, 11) is 1.41. The molecule has 0 spiro atoms. The van der Waals surface area contributed by atoms with Crippen molar-refractivity contribution in [3.05, 3.63) is 35.9 Å². The largest absolute Gasteiger partial charge is 0.468 e. The van der Waals surface area contributed by atoms with E-state index in [2.05, 4.69) is 5.32 Å². The van der Waals surface area contributed by atoms with Crippen LogP contribution in [0.2, 0.25) is 0 Å². The van der Waals surface area contributed by atoms with Crippen LogP contribution in [-0.4, -0.2) is 30.3 Å². The maximum atomic E-state index is 11.9. The van der Waals surface area contributed by atoms with Crippen molar-refractivity contribution in [2.24, 2.45) is 0 Å². The molecule has 1 aromatic carbocycles. The Morgan fingerprint density at radius 3 is 2.47 bits per heavy atom. The Morgan fingerprint density at radius 2 is 1.89 bits per heavy atom. The number of aliphatic hydroxyl groups is 1. The minimum atomic E-state index is -0.425. The van der Waals surface area contributed by atoms with Gasteiger partial charge in [-0.25, -0.2) is 4.79 Å². The number of nitrogens with one attached hydrogen (secondary N) is 1. The van der Waals surface area contributed by atoms with Gasteiger partial charge in [0.15, 0.2) is 0 Å². The van der Waals surface area contributed by atoms with Crippen molar-refractivity contribution in [1.82, 2.24) is 5.32 Å². The molecule has 4 nitrogen and oxygen atoms in total. The molecule has 0 amide bonds. The van der Waals surface area contributed by atoms with Gasteiger partial charge in [0.05, 0.1) is 13.2 Å². The molecule has 19 heavy (non-hydrogen) atoms. The molecule has 0 radical (unpaired) electrons. The highest BCUT2D eigenvalue weighted by Gasteiger charge is 2.27. The van der Waals surface area contributed by atoms with E-state index < -0.39 is 6.04 Å². The summed E-state index contributed by atoms with van der Waals surface area (Å²) in [6.07, 6.45) is 3.18. The topological polar surface area (TPSA) is 58.6 Å². The molecule has 4 heteroatoms. The molecule has 1 aliphatic rings. The van der Waals surface area contributed by atoms with E-state index in [0.717, 1.165) is 31.2 Å². The van der Waals surface area contributed by atoms with Crippen LogP contribution < -0.4 is 5.32 Å². The van der Waals surface area contributed by atoms with E-state index in [9.17, 15) is 9.90 Å². The second-order valence-electron chi connectivity index (χ2n) is 5.04. The van der Waals surface area contributed by atoms with E-state index in [0.29, 0.717) is 0 Å². The maximum Gasteiger partial charge on any atom is 0.327 e. The minimum Gasteiger partial charge on any atom is -0.468 e. The third-order valence-electron chi connectivity index (χ3n) is 3.67. The first-order chi connectivity index (χ1) is 9.20. The van der Waals surface area contributed by atoms with Crippen LogP contribution in [0.5, 0.6) is 0 Å². The summed E-state index contributed by atoms with van der Waals surface area (Å²) in [5, 5.41) is 12.9. The van der Waals surface area contributed by atoms with Crippen LogP contribution in [-0.2, 0) is 9.53 Å². The molecule has 1 saturated carbocycles. The average Bonchev–Trinajstić information content (AvgIpc) is 2.47. The number of benzene rings is 1. The van der Waals surface area contributed by atoms with Crippen molar-refractivity contribution in [2.75, 3.05) is 7.11 Å². The van der Waals surface area contributed by atoms with Crippen LogP contribution in [0, 0.1) is 0 Å². The monoisotopic (exact) mass is 263 g/mol. The van der Waals surface area contributed by atoms with E-state index in [-0.39, 0.29) is 18.1 Å². The van der Waals surface area contributed by atoms with Gasteiger partial charge in [-0.05, 0) is 31.2 Å². The van der Waals surface area contributed by atoms with Gasteiger partial charge in [-0.15, -0.1) is 0 Å². The molecular weight excluding hydrogens is 242 g/mol. The quantitative estimate of drug-likeness (QED) is 0.813. The van der Waals surface area contributed by atoms with Crippen molar-refractivity contribution >= 4 is 5.97 Å². The first-order valence-corrected chi connectivity index (χ1v) is 6.77. The van der Waals surface area contributed by atoms with Gasteiger partial charge in [-0.2, -0.15) is 0 Å². The number of aliphatic hydroxyl groups excluding tert-OH is 1. The van der Waals surface area contributed by atoms with Gasteiger partial charge in [0.2, 0.25) is 0 Å². The highest BCUT2D eigenvalue weighted by atomic mass is 16.5. The number of hydrogen-bond acceptors (Lipinski definition) is 4. The summed E-state index contributed by atoms with van der Waals surface area (Å²) in [6, 6.07) is 9.43. The summed E-state index contributed by atoms with van der Waals surface area (Å²) >= 11 is 0. The summed E-state index contributed by atoms with van der Waals surface area (Å²) in [5.74, 6) is -0.266. The second-order valence-corrected chi connectivity index (χ2v) is 5.04. The molecular formula is C15H21NO3. The number of methoxy groups -OCH3 is 1. The zero-order valence-electron chi connectivity index (χ0n) is 11.2. The summed E-state index contributed by atoms with van der Waals surface area (Å²) in [5.41, 5.74) is 0.917. The Hall–Kier alpha value is -1.39. The van der Waals surface area contributed by atoms with E-state index in [1.807, 2.05) is 30.3 Å². The van der Waals surface area contributed by atoms with Crippen molar-refractivity contribution in [1.29, 1.82) is 0 Å². The highest BCUT2D eigenvalue weighted by molar-refractivity contribution is 5.77. The van der Waals surface area contributed by atoms with Crippen LogP contribution in [0.3, 0.4) is 0 Å². The van der Waals surface area contributed by atoms with Crippen LogP contribution in [0.1, 0.15) is 37.3 Å². The molecule has 0 bridgehead atoms. The lowest BCUT2D eigenvalue weighted by Crippen LogP contribution is -2.40. The van der Waals surface area contributed by atoms with Crippen molar-refractivity contribution in [2.45, 2.75) is 43.9 Å². The number of rotatable bonds is 4. The number of esters is 1. The summed E-state index contributed by atoms with van der Waals surface area (Å²) in [4.78, 5) is 11.9. The first-order valence-electron chi connectivity index (χ1n) is 6.77. The molecule has 0 saturated heterocycles. The van der Waals surface area contributed by atoms with Crippen molar-refractivity contribution in [3.63, 3.8) is 0 Å². The maximum absolute atomic E-state index is 11.9. The van der Waals surface area contributed by atoms with Crippen LogP contribution in [0.15, 0.2) is 30.3 Å². The second kappa shape index (κ2) is 6.68. The Labute approximate surface area is 113 Å². The Morgan fingerprint density at radius 1 is 1.26 bits per heavy atom. The smallest absolute Gasteiger partial charge is 0.327 e. The molecule has 104 valence electrons. The SMILES string of the molecule is COC(=O)C(NC1CCC(O)CC1)c1ccccc1. The molecule has 1 atom stereocenters. The molecule has 1 unspecified atom stereocenters. The van der Waals surface area contributed by atoms with E-state index in [1.165, 1.54) is 7.11 Å². The fourth-order valence-corrected chi connectivity index (χ4v) is 2.54. The standard InChI is InChI=1S/C15H21NO3/c1-19-15(18)14(11-5-3-2-4-6-11)16-12-7-9-13(17)10-8-12/h2-6,12-14,16-17H,7-10H2,1H3. The van der Waals surface area contributed by atoms with Crippen LogP contribution in [0.25, 0.3) is 0 Å². The van der Waals surface area contributed by atoms with E-state index in [1.54, 1.807) is 0 Å². The molecule has 1 fully saturated rings. The van der Waals surface area contributed by atoms with Crippen molar-refractivity contribution in [3.8, 4) is 0 Å². The Bertz CT molecular complexity index is 399. The van der Waals surface area contributed by atoms with E-state index >= 15 is 0 Å². The summed E-state index contributed by atoms with van der Waals surface area (Å²) < 4.78 is 4.88. The first kappa shape index (κ1) is 14.0. The third kappa shape index (κ3) is 3.78. The van der Waals surface area contributed by atoms with Gasteiger partial charge < -0.3 is 9.84 Å². The van der Waals surface area contributed by atoms with Gasteiger partial charge in [-0.1, -0.05) is 30.3 Å². The average molecular weight is 263 g/mol. The van der Waals surface area contributed by atoms with Crippen LogP contribution in [0.4, 0.5) is 0 Å².